The Balaban J connectivity index is 1.57. The average Bonchev–Trinajstić information content (AvgIpc) is 3.10. The van der Waals surface area contributed by atoms with Gasteiger partial charge in [-0.2, -0.15) is 5.26 Å². The fourth-order valence-corrected chi connectivity index (χ4v) is 3.87. The maximum atomic E-state index is 12.5. The van der Waals surface area contributed by atoms with E-state index in [4.69, 9.17) is 9.68 Å². The third-order valence-corrected chi connectivity index (χ3v) is 5.57. The van der Waals surface area contributed by atoms with Crippen LogP contribution < -0.4 is 4.72 Å². The van der Waals surface area contributed by atoms with Gasteiger partial charge in [-0.25, -0.2) is 13.4 Å². The highest BCUT2D eigenvalue weighted by molar-refractivity contribution is 7.92. The summed E-state index contributed by atoms with van der Waals surface area (Å²) in [4.78, 5) is 4.64. The molecule has 0 unspecified atom stereocenters. The Kier molecular flexibility index (Phi) is 4.55. The van der Waals surface area contributed by atoms with Gasteiger partial charge in [-0.05, 0) is 48.0 Å². The van der Waals surface area contributed by atoms with E-state index in [9.17, 15) is 8.42 Å². The van der Waals surface area contributed by atoms with Crippen molar-refractivity contribution in [2.75, 3.05) is 4.72 Å². The second kappa shape index (κ2) is 7.18. The number of oxazole rings is 1. The Morgan fingerprint density at radius 3 is 2.46 bits per heavy atom. The minimum Gasteiger partial charge on any atom is -0.440 e. The van der Waals surface area contributed by atoms with Gasteiger partial charge in [0, 0.05) is 6.42 Å². The molecule has 0 amide bonds. The van der Waals surface area contributed by atoms with Crippen molar-refractivity contribution in [3.63, 3.8) is 0 Å². The molecule has 28 heavy (non-hydrogen) atoms. The summed E-state index contributed by atoms with van der Waals surface area (Å²) < 4.78 is 33.2. The quantitative estimate of drug-likeness (QED) is 0.554. The van der Waals surface area contributed by atoms with Gasteiger partial charge in [-0.3, -0.25) is 4.72 Å². The number of hydrogen-bond donors (Lipinski definition) is 1. The predicted molar refractivity (Wildman–Crippen MR) is 105 cm³/mol. The van der Waals surface area contributed by atoms with Crippen LogP contribution in [0.2, 0.25) is 0 Å². The van der Waals surface area contributed by atoms with Gasteiger partial charge in [-0.15, -0.1) is 0 Å². The van der Waals surface area contributed by atoms with Gasteiger partial charge in [0.15, 0.2) is 11.5 Å². The summed E-state index contributed by atoms with van der Waals surface area (Å²) in [6.07, 6.45) is 0.478. The van der Waals surface area contributed by atoms with Crippen LogP contribution in [0.1, 0.15) is 17.0 Å². The van der Waals surface area contributed by atoms with Crippen molar-refractivity contribution < 1.29 is 12.8 Å². The molecule has 0 aliphatic heterocycles. The van der Waals surface area contributed by atoms with Crippen molar-refractivity contribution >= 4 is 26.8 Å². The summed E-state index contributed by atoms with van der Waals surface area (Å²) in [5.74, 6) is 0.516. The van der Waals surface area contributed by atoms with E-state index in [1.54, 1.807) is 48.5 Å². The third-order valence-electron chi connectivity index (χ3n) is 4.18. The van der Waals surface area contributed by atoms with Crippen LogP contribution in [0, 0.1) is 11.3 Å². The molecule has 3 aromatic carbocycles. The molecule has 138 valence electrons. The lowest BCUT2D eigenvalue weighted by Crippen LogP contribution is -2.12. The third kappa shape index (κ3) is 3.72. The first-order valence-corrected chi connectivity index (χ1v) is 9.98. The SMILES string of the molecule is N#Cc1ccc(Cc2nc3cc(NS(=O)(=O)c4ccccc4)ccc3o2)cc1. The van der Waals surface area contributed by atoms with Crippen LogP contribution in [0.3, 0.4) is 0 Å². The van der Waals surface area contributed by atoms with Crippen LogP contribution in [-0.4, -0.2) is 13.4 Å². The molecule has 4 aromatic rings. The number of rotatable bonds is 5. The van der Waals surface area contributed by atoms with E-state index >= 15 is 0 Å². The first-order valence-electron chi connectivity index (χ1n) is 8.50. The highest BCUT2D eigenvalue weighted by Crippen LogP contribution is 2.23. The molecule has 0 fully saturated rings. The summed E-state index contributed by atoms with van der Waals surface area (Å²) in [5.41, 5.74) is 3.12. The van der Waals surface area contributed by atoms with Gasteiger partial charge >= 0.3 is 0 Å². The van der Waals surface area contributed by atoms with Crippen molar-refractivity contribution in [1.82, 2.24) is 4.98 Å². The molecule has 1 N–H and O–H groups in total. The van der Waals surface area contributed by atoms with Crippen molar-refractivity contribution in [2.45, 2.75) is 11.3 Å². The summed E-state index contributed by atoms with van der Waals surface area (Å²) >= 11 is 0. The zero-order valence-corrected chi connectivity index (χ0v) is 15.5. The summed E-state index contributed by atoms with van der Waals surface area (Å²) in [7, 11) is -3.67. The Labute approximate surface area is 162 Å². The molecule has 0 aliphatic rings. The highest BCUT2D eigenvalue weighted by Gasteiger charge is 2.15. The van der Waals surface area contributed by atoms with Gasteiger partial charge in [0.25, 0.3) is 10.0 Å². The Morgan fingerprint density at radius 1 is 1.00 bits per heavy atom. The van der Waals surface area contributed by atoms with E-state index in [1.807, 2.05) is 12.1 Å². The maximum absolute atomic E-state index is 12.5. The number of sulfonamides is 1. The van der Waals surface area contributed by atoms with E-state index in [0.717, 1.165) is 5.56 Å². The summed E-state index contributed by atoms with van der Waals surface area (Å²) in [5, 5.41) is 8.86. The number of fused-ring (bicyclic) bond motifs is 1. The first-order chi connectivity index (χ1) is 13.5. The second-order valence-corrected chi connectivity index (χ2v) is 7.88. The highest BCUT2D eigenvalue weighted by atomic mass is 32.2. The monoisotopic (exact) mass is 389 g/mol. The van der Waals surface area contributed by atoms with Gasteiger partial charge in [0.05, 0.1) is 22.2 Å². The molecule has 0 radical (unpaired) electrons. The molecule has 0 saturated heterocycles. The standard InChI is InChI=1S/C21H15N3O3S/c22-14-16-8-6-15(7-9-16)12-21-23-19-13-17(10-11-20(19)27-21)24-28(25,26)18-4-2-1-3-5-18/h1-11,13,24H,12H2. The fourth-order valence-electron chi connectivity index (χ4n) is 2.80. The molecule has 1 aromatic heterocycles. The smallest absolute Gasteiger partial charge is 0.261 e. The van der Waals surface area contributed by atoms with E-state index in [0.29, 0.717) is 34.7 Å². The van der Waals surface area contributed by atoms with Crippen LogP contribution in [0.15, 0.2) is 82.1 Å². The van der Waals surface area contributed by atoms with Crippen LogP contribution >= 0.6 is 0 Å². The molecule has 0 saturated carbocycles. The van der Waals surface area contributed by atoms with Gasteiger partial charge < -0.3 is 4.42 Å². The molecule has 0 atom stereocenters. The molecular formula is C21H15N3O3S. The molecule has 7 heteroatoms. The zero-order valence-electron chi connectivity index (χ0n) is 14.7. The molecule has 0 bridgehead atoms. The molecule has 4 rings (SSSR count). The lowest BCUT2D eigenvalue weighted by molar-refractivity contribution is 0.544. The number of benzene rings is 3. The molecule has 6 nitrogen and oxygen atoms in total. The van der Waals surface area contributed by atoms with Crippen molar-refractivity contribution in [3.8, 4) is 6.07 Å². The fraction of sp³-hybridized carbons (Fsp3) is 0.0476. The van der Waals surface area contributed by atoms with Crippen LogP contribution in [0.5, 0.6) is 0 Å². The van der Waals surface area contributed by atoms with Crippen LogP contribution in [0.25, 0.3) is 11.1 Å². The maximum Gasteiger partial charge on any atom is 0.261 e. The van der Waals surface area contributed by atoms with Crippen molar-refractivity contribution in [1.29, 1.82) is 5.26 Å². The second-order valence-electron chi connectivity index (χ2n) is 6.19. The van der Waals surface area contributed by atoms with Crippen LogP contribution in [0.4, 0.5) is 5.69 Å². The van der Waals surface area contributed by atoms with Gasteiger partial charge in [0.1, 0.15) is 5.52 Å². The lowest BCUT2D eigenvalue weighted by atomic mass is 10.1. The van der Waals surface area contributed by atoms with Crippen LogP contribution in [-0.2, 0) is 16.4 Å². The normalized spacial score (nSPS) is 11.2. The Morgan fingerprint density at radius 2 is 1.75 bits per heavy atom. The van der Waals surface area contributed by atoms with Gasteiger partial charge in [-0.1, -0.05) is 30.3 Å². The molecule has 0 spiro atoms. The average molecular weight is 389 g/mol. The molecule has 0 aliphatic carbocycles. The largest absolute Gasteiger partial charge is 0.440 e. The predicted octanol–water partition coefficient (Wildman–Crippen LogP) is 4.09. The van der Waals surface area contributed by atoms with Crippen molar-refractivity contribution in [2.24, 2.45) is 0 Å². The minimum atomic E-state index is -3.67. The number of nitrogens with zero attached hydrogens (tertiary/aromatic N) is 2. The Bertz CT molecular complexity index is 1270. The topological polar surface area (TPSA) is 96.0 Å². The number of aromatic nitrogens is 1. The Hall–Kier alpha value is -3.63. The zero-order chi connectivity index (χ0) is 19.6. The number of nitriles is 1. The first kappa shape index (κ1) is 17.8. The molecular weight excluding hydrogens is 374 g/mol. The van der Waals surface area contributed by atoms with E-state index in [1.165, 1.54) is 12.1 Å². The van der Waals surface area contributed by atoms with Crippen molar-refractivity contribution in [3.05, 3.63) is 89.8 Å². The van der Waals surface area contributed by atoms with E-state index in [2.05, 4.69) is 15.8 Å². The minimum absolute atomic E-state index is 0.191. The lowest BCUT2D eigenvalue weighted by Gasteiger charge is -2.07. The summed E-state index contributed by atoms with van der Waals surface area (Å²) in [6, 6.07) is 22.4. The number of hydrogen-bond acceptors (Lipinski definition) is 5. The van der Waals surface area contributed by atoms with Gasteiger partial charge in [0.2, 0.25) is 0 Å². The van der Waals surface area contributed by atoms with E-state index < -0.39 is 10.0 Å². The summed E-state index contributed by atoms with van der Waals surface area (Å²) in [6.45, 7) is 0. The number of nitrogens with one attached hydrogen (secondary N) is 1. The molecule has 1 heterocycles. The number of anilines is 1. The van der Waals surface area contributed by atoms with E-state index in [-0.39, 0.29) is 4.90 Å².